The van der Waals surface area contributed by atoms with E-state index in [2.05, 4.69) is 11.6 Å². The van der Waals surface area contributed by atoms with Crippen LogP contribution in [0.5, 0.6) is 0 Å². The second-order valence-electron chi connectivity index (χ2n) is 5.60. The number of rotatable bonds is 4. The molecule has 4 nitrogen and oxygen atoms in total. The van der Waals surface area contributed by atoms with Crippen LogP contribution in [0.1, 0.15) is 38.2 Å². The van der Waals surface area contributed by atoms with Crippen LogP contribution in [0.15, 0.2) is 23.1 Å². The van der Waals surface area contributed by atoms with Crippen molar-refractivity contribution in [3.63, 3.8) is 0 Å². The zero-order valence-electron chi connectivity index (χ0n) is 12.0. The van der Waals surface area contributed by atoms with Gasteiger partial charge in [0.1, 0.15) is 22.3 Å². The lowest BCUT2D eigenvalue weighted by Crippen LogP contribution is -2.33. The fourth-order valence-corrected chi connectivity index (χ4v) is 4.09. The van der Waals surface area contributed by atoms with Gasteiger partial charge in [-0.15, -0.1) is 0 Å². The molecular formula is C15H19FN2O2S. The van der Waals surface area contributed by atoms with Crippen molar-refractivity contribution in [1.82, 2.24) is 4.72 Å². The topological polar surface area (TPSA) is 70.0 Å². The summed E-state index contributed by atoms with van der Waals surface area (Å²) in [6.07, 6.45) is 4.40. The third-order valence-corrected chi connectivity index (χ3v) is 5.67. The van der Waals surface area contributed by atoms with Gasteiger partial charge < -0.3 is 0 Å². The van der Waals surface area contributed by atoms with Crippen LogP contribution >= 0.6 is 0 Å². The van der Waals surface area contributed by atoms with Gasteiger partial charge in [0.2, 0.25) is 10.0 Å². The molecule has 1 aromatic carbocycles. The predicted octanol–water partition coefficient (Wildman–Crippen LogP) is 2.80. The van der Waals surface area contributed by atoms with E-state index in [1.54, 1.807) is 6.07 Å². The van der Waals surface area contributed by atoms with Crippen LogP contribution in [0.4, 0.5) is 4.39 Å². The zero-order chi connectivity index (χ0) is 15.5. The van der Waals surface area contributed by atoms with Crippen molar-refractivity contribution in [2.24, 2.45) is 11.8 Å². The van der Waals surface area contributed by atoms with E-state index in [9.17, 15) is 12.8 Å². The van der Waals surface area contributed by atoms with E-state index in [0.717, 1.165) is 25.3 Å². The predicted molar refractivity (Wildman–Crippen MR) is 77.4 cm³/mol. The second-order valence-corrected chi connectivity index (χ2v) is 7.33. The molecule has 1 aliphatic rings. The van der Waals surface area contributed by atoms with Crippen LogP contribution in [0, 0.1) is 29.0 Å². The number of halogens is 1. The van der Waals surface area contributed by atoms with E-state index in [0.29, 0.717) is 18.4 Å². The molecule has 1 fully saturated rings. The van der Waals surface area contributed by atoms with Gasteiger partial charge in [0, 0.05) is 6.54 Å². The third kappa shape index (κ3) is 3.60. The molecule has 0 aliphatic heterocycles. The Labute approximate surface area is 125 Å². The van der Waals surface area contributed by atoms with Crippen LogP contribution < -0.4 is 4.72 Å². The average Bonchev–Trinajstić information content (AvgIpc) is 2.46. The number of sulfonamides is 1. The SMILES string of the molecule is CC1CCCCC1CNS(=O)(=O)c1cccc(F)c1C#N. The fourth-order valence-electron chi connectivity index (χ4n) is 2.83. The molecule has 0 heterocycles. The lowest BCUT2D eigenvalue weighted by Gasteiger charge is -2.28. The summed E-state index contributed by atoms with van der Waals surface area (Å²) in [7, 11) is -3.86. The first-order valence-corrected chi connectivity index (χ1v) is 8.62. The Morgan fingerprint density at radius 2 is 2.10 bits per heavy atom. The molecule has 0 radical (unpaired) electrons. The average molecular weight is 310 g/mol. The van der Waals surface area contributed by atoms with Crippen molar-refractivity contribution in [3.8, 4) is 6.07 Å². The summed E-state index contributed by atoms with van der Waals surface area (Å²) in [4.78, 5) is -0.284. The lowest BCUT2D eigenvalue weighted by molar-refractivity contribution is 0.257. The number of hydrogen-bond acceptors (Lipinski definition) is 3. The van der Waals surface area contributed by atoms with Gasteiger partial charge in [-0.25, -0.2) is 17.5 Å². The van der Waals surface area contributed by atoms with Crippen molar-refractivity contribution < 1.29 is 12.8 Å². The van der Waals surface area contributed by atoms with Gasteiger partial charge in [-0.05, 0) is 30.4 Å². The Balaban J connectivity index is 2.16. The zero-order valence-corrected chi connectivity index (χ0v) is 12.8. The van der Waals surface area contributed by atoms with Gasteiger partial charge >= 0.3 is 0 Å². The van der Waals surface area contributed by atoms with Crippen LogP contribution in [-0.2, 0) is 10.0 Å². The van der Waals surface area contributed by atoms with Crippen molar-refractivity contribution in [2.45, 2.75) is 37.5 Å². The largest absolute Gasteiger partial charge is 0.242 e. The molecule has 21 heavy (non-hydrogen) atoms. The summed E-state index contributed by atoms with van der Waals surface area (Å²) < 4.78 is 40.6. The molecule has 0 bridgehead atoms. The highest BCUT2D eigenvalue weighted by atomic mass is 32.2. The summed E-state index contributed by atoms with van der Waals surface area (Å²) in [5, 5.41) is 8.94. The Bertz CT molecular complexity index is 652. The first-order chi connectivity index (χ1) is 9.95. The number of hydrogen-bond donors (Lipinski definition) is 1. The van der Waals surface area contributed by atoms with Gasteiger partial charge in [-0.3, -0.25) is 0 Å². The van der Waals surface area contributed by atoms with Crippen molar-refractivity contribution in [2.75, 3.05) is 6.54 Å². The number of benzene rings is 1. The van der Waals surface area contributed by atoms with Gasteiger partial charge in [0.15, 0.2) is 0 Å². The minimum atomic E-state index is -3.86. The number of nitrogens with zero attached hydrogens (tertiary/aromatic N) is 1. The molecule has 1 aromatic rings. The first kappa shape index (κ1) is 15.9. The van der Waals surface area contributed by atoms with Crippen LogP contribution in [0.25, 0.3) is 0 Å². The molecule has 0 aromatic heterocycles. The van der Waals surface area contributed by atoms with E-state index in [1.165, 1.54) is 18.6 Å². The molecule has 1 N–H and O–H groups in total. The van der Waals surface area contributed by atoms with Crippen molar-refractivity contribution >= 4 is 10.0 Å². The van der Waals surface area contributed by atoms with Crippen molar-refractivity contribution in [3.05, 3.63) is 29.6 Å². The smallest absolute Gasteiger partial charge is 0.211 e. The number of nitriles is 1. The Hall–Kier alpha value is -1.45. The summed E-state index contributed by atoms with van der Waals surface area (Å²) in [5.74, 6) is -0.0385. The Morgan fingerprint density at radius 1 is 1.38 bits per heavy atom. The summed E-state index contributed by atoms with van der Waals surface area (Å²) >= 11 is 0. The summed E-state index contributed by atoms with van der Waals surface area (Å²) in [5.41, 5.74) is -0.429. The van der Waals surface area contributed by atoms with Crippen LogP contribution in [0.3, 0.4) is 0 Å². The molecule has 0 spiro atoms. The molecule has 6 heteroatoms. The molecule has 2 rings (SSSR count). The molecule has 1 saturated carbocycles. The summed E-state index contributed by atoms with van der Waals surface area (Å²) in [6, 6.07) is 5.26. The Morgan fingerprint density at radius 3 is 2.76 bits per heavy atom. The van der Waals surface area contributed by atoms with Gasteiger partial charge in [0.25, 0.3) is 0 Å². The Kier molecular flexibility index (Phi) is 4.96. The van der Waals surface area contributed by atoms with Gasteiger partial charge in [0.05, 0.1) is 0 Å². The highest BCUT2D eigenvalue weighted by molar-refractivity contribution is 7.89. The quantitative estimate of drug-likeness (QED) is 0.929. The molecular weight excluding hydrogens is 291 g/mol. The molecule has 2 unspecified atom stereocenters. The second kappa shape index (κ2) is 6.54. The molecule has 0 amide bonds. The maximum Gasteiger partial charge on any atom is 0.242 e. The van der Waals surface area contributed by atoms with Gasteiger partial charge in [-0.1, -0.05) is 32.3 Å². The van der Waals surface area contributed by atoms with E-state index >= 15 is 0 Å². The number of nitrogens with one attached hydrogen (secondary N) is 1. The molecule has 1 aliphatic carbocycles. The standard InChI is InChI=1S/C15H19FN2O2S/c1-11-5-2-3-6-12(11)10-18-21(19,20)15-8-4-7-14(16)13(15)9-17/h4,7-8,11-12,18H,2-3,5-6,10H2,1H3. The monoisotopic (exact) mass is 310 g/mol. The first-order valence-electron chi connectivity index (χ1n) is 7.14. The highest BCUT2D eigenvalue weighted by Crippen LogP contribution is 2.29. The third-order valence-electron chi connectivity index (χ3n) is 4.20. The van der Waals surface area contributed by atoms with Crippen molar-refractivity contribution in [1.29, 1.82) is 5.26 Å². The minimum absolute atomic E-state index is 0.284. The van der Waals surface area contributed by atoms with E-state index < -0.39 is 21.4 Å². The fraction of sp³-hybridized carbons (Fsp3) is 0.533. The maximum absolute atomic E-state index is 13.5. The lowest BCUT2D eigenvalue weighted by atomic mass is 9.81. The molecule has 114 valence electrons. The van der Waals surface area contributed by atoms with E-state index in [4.69, 9.17) is 5.26 Å². The maximum atomic E-state index is 13.5. The highest BCUT2D eigenvalue weighted by Gasteiger charge is 2.25. The van der Waals surface area contributed by atoms with Crippen LogP contribution in [0.2, 0.25) is 0 Å². The van der Waals surface area contributed by atoms with Gasteiger partial charge in [-0.2, -0.15) is 5.26 Å². The molecule has 0 saturated heterocycles. The van der Waals surface area contributed by atoms with E-state index in [1.807, 2.05) is 0 Å². The summed E-state index contributed by atoms with van der Waals surface area (Å²) in [6.45, 7) is 2.46. The van der Waals surface area contributed by atoms with E-state index in [-0.39, 0.29) is 4.90 Å². The van der Waals surface area contributed by atoms with Crippen LogP contribution in [-0.4, -0.2) is 15.0 Å². The molecule has 2 atom stereocenters. The normalized spacial score (nSPS) is 22.7. The minimum Gasteiger partial charge on any atom is -0.211 e.